The molecule has 1 atom stereocenters. The van der Waals surface area contributed by atoms with E-state index in [-0.39, 0.29) is 0 Å². The molecule has 0 radical (unpaired) electrons. The van der Waals surface area contributed by atoms with Crippen LogP contribution in [-0.2, 0) is 16.0 Å². The van der Waals surface area contributed by atoms with Gasteiger partial charge in [0.15, 0.2) is 0 Å². The molecule has 2 heterocycles. The number of nitrogens with zero attached hydrogens (tertiary/aromatic N) is 2. The fourth-order valence-electron chi connectivity index (χ4n) is 2.69. The summed E-state index contributed by atoms with van der Waals surface area (Å²) in [6, 6.07) is 8.67. The highest BCUT2D eigenvalue weighted by molar-refractivity contribution is 6.27. The Morgan fingerprint density at radius 2 is 1.95 bits per heavy atom. The van der Waals surface area contributed by atoms with Crippen LogP contribution >= 0.6 is 0 Å². The maximum absolute atomic E-state index is 9.10. The quantitative estimate of drug-likeness (QED) is 0.651. The van der Waals surface area contributed by atoms with Crippen molar-refractivity contribution in [2.24, 2.45) is 10.9 Å². The first-order chi connectivity index (χ1) is 10.5. The maximum Gasteiger partial charge on any atom is 0.414 e. The molecule has 7 nitrogen and oxygen atoms in total. The van der Waals surface area contributed by atoms with Gasteiger partial charge in [0.05, 0.1) is 6.54 Å². The van der Waals surface area contributed by atoms with Gasteiger partial charge in [-0.2, -0.15) is 0 Å². The Morgan fingerprint density at radius 1 is 1.27 bits per heavy atom. The van der Waals surface area contributed by atoms with E-state index >= 15 is 0 Å². The molecule has 3 N–H and O–H groups in total. The van der Waals surface area contributed by atoms with E-state index in [2.05, 4.69) is 46.5 Å². The van der Waals surface area contributed by atoms with Gasteiger partial charge in [-0.05, 0) is 18.1 Å². The molecule has 0 bridgehead atoms. The molecule has 0 saturated heterocycles. The molecule has 2 aliphatic rings. The van der Waals surface area contributed by atoms with Gasteiger partial charge < -0.3 is 20.4 Å². The summed E-state index contributed by atoms with van der Waals surface area (Å²) in [7, 11) is 2.17. The van der Waals surface area contributed by atoms with Crippen LogP contribution in [0.25, 0.3) is 0 Å². The van der Waals surface area contributed by atoms with E-state index in [1.807, 2.05) is 0 Å². The van der Waals surface area contributed by atoms with Crippen molar-refractivity contribution in [2.45, 2.75) is 6.42 Å². The number of nitrogens with one attached hydrogen (secondary N) is 1. The van der Waals surface area contributed by atoms with Crippen molar-refractivity contribution in [2.75, 3.05) is 31.6 Å². The zero-order valence-electron chi connectivity index (χ0n) is 12.3. The number of carboxylic acid groups (broad SMARTS) is 2. The predicted molar refractivity (Wildman–Crippen MR) is 82.5 cm³/mol. The fraction of sp³-hybridized carbons (Fsp3) is 0.400. The third kappa shape index (κ3) is 3.75. The number of hydrogen-bond acceptors (Lipinski definition) is 5. The largest absolute Gasteiger partial charge is 0.473 e. The van der Waals surface area contributed by atoms with Crippen molar-refractivity contribution in [3.05, 3.63) is 29.8 Å². The summed E-state index contributed by atoms with van der Waals surface area (Å²) in [5.74, 6) is -1.89. The van der Waals surface area contributed by atoms with Gasteiger partial charge >= 0.3 is 11.9 Å². The highest BCUT2D eigenvalue weighted by atomic mass is 16.4. The van der Waals surface area contributed by atoms with Gasteiger partial charge in [-0.3, -0.25) is 4.99 Å². The molecule has 22 heavy (non-hydrogen) atoms. The van der Waals surface area contributed by atoms with Crippen LogP contribution in [-0.4, -0.2) is 54.7 Å². The first-order valence-corrected chi connectivity index (χ1v) is 7.02. The molecular weight excluding hydrogens is 286 g/mol. The average Bonchev–Trinajstić information content (AvgIpc) is 3.02. The van der Waals surface area contributed by atoms with E-state index in [0.717, 1.165) is 26.1 Å². The lowest BCUT2D eigenvalue weighted by Gasteiger charge is -2.33. The molecule has 2 aliphatic heterocycles. The Labute approximate surface area is 128 Å². The van der Waals surface area contributed by atoms with Crippen LogP contribution in [0.1, 0.15) is 5.56 Å². The van der Waals surface area contributed by atoms with Gasteiger partial charge in [0, 0.05) is 31.7 Å². The molecule has 1 unspecified atom stereocenters. The summed E-state index contributed by atoms with van der Waals surface area (Å²) < 4.78 is 0. The minimum atomic E-state index is -1.82. The first kappa shape index (κ1) is 15.8. The molecular formula is C15H19N3O4. The third-order valence-corrected chi connectivity index (χ3v) is 3.63. The van der Waals surface area contributed by atoms with Gasteiger partial charge in [-0.15, -0.1) is 0 Å². The van der Waals surface area contributed by atoms with Crippen LogP contribution in [0.3, 0.4) is 0 Å². The molecule has 0 aromatic heterocycles. The number of anilines is 1. The van der Waals surface area contributed by atoms with Crippen LogP contribution in [0.15, 0.2) is 29.3 Å². The standard InChI is InChI=1S/C13H17N3.C2H2O4/c1-16-9-11(13-14-6-7-15-13)8-10-4-2-3-5-12(10)16;3-1(4)2(5)6/h2-5,11H,6-9H2,1H3,(H,14,15);(H,3,4)(H,5,6). The second kappa shape index (κ2) is 6.93. The minimum Gasteiger partial charge on any atom is -0.473 e. The molecule has 7 heteroatoms. The minimum absolute atomic E-state index is 0.544. The maximum atomic E-state index is 9.10. The molecule has 118 valence electrons. The molecule has 0 amide bonds. The second-order valence-electron chi connectivity index (χ2n) is 5.21. The number of benzene rings is 1. The van der Waals surface area contributed by atoms with E-state index in [9.17, 15) is 0 Å². The van der Waals surface area contributed by atoms with E-state index < -0.39 is 11.9 Å². The van der Waals surface area contributed by atoms with Gasteiger partial charge in [0.2, 0.25) is 0 Å². The van der Waals surface area contributed by atoms with E-state index in [1.165, 1.54) is 17.1 Å². The lowest BCUT2D eigenvalue weighted by Crippen LogP contribution is -2.40. The topological polar surface area (TPSA) is 102 Å². The smallest absolute Gasteiger partial charge is 0.414 e. The zero-order valence-corrected chi connectivity index (χ0v) is 12.3. The van der Waals surface area contributed by atoms with Crippen LogP contribution < -0.4 is 10.2 Å². The van der Waals surface area contributed by atoms with Crippen LogP contribution in [0.5, 0.6) is 0 Å². The lowest BCUT2D eigenvalue weighted by atomic mass is 9.92. The summed E-state index contributed by atoms with van der Waals surface area (Å²) >= 11 is 0. The van der Waals surface area contributed by atoms with Crippen molar-refractivity contribution in [3.8, 4) is 0 Å². The van der Waals surface area contributed by atoms with E-state index in [0.29, 0.717) is 5.92 Å². The molecule has 0 aliphatic carbocycles. The highest BCUT2D eigenvalue weighted by Crippen LogP contribution is 2.28. The Morgan fingerprint density at radius 3 is 2.55 bits per heavy atom. The Hall–Kier alpha value is -2.57. The summed E-state index contributed by atoms with van der Waals surface area (Å²) in [6.07, 6.45) is 1.12. The first-order valence-electron chi connectivity index (χ1n) is 7.02. The summed E-state index contributed by atoms with van der Waals surface area (Å²) in [5, 5.41) is 18.2. The number of para-hydroxylation sites is 1. The van der Waals surface area contributed by atoms with Crippen molar-refractivity contribution in [1.29, 1.82) is 0 Å². The average molecular weight is 305 g/mol. The SMILES string of the molecule is CN1CC(C2=NCCN2)Cc2ccccc21.O=C(O)C(=O)O. The van der Waals surface area contributed by atoms with Crippen molar-refractivity contribution in [1.82, 2.24) is 5.32 Å². The zero-order chi connectivity index (χ0) is 16.1. The van der Waals surface area contributed by atoms with Gasteiger partial charge in [0.25, 0.3) is 0 Å². The van der Waals surface area contributed by atoms with Crippen LogP contribution in [0, 0.1) is 5.92 Å². The number of hydrogen-bond donors (Lipinski definition) is 3. The number of fused-ring (bicyclic) bond motifs is 1. The fourth-order valence-corrected chi connectivity index (χ4v) is 2.69. The molecule has 1 aromatic rings. The Kier molecular flexibility index (Phi) is 4.98. The molecule has 0 spiro atoms. The van der Waals surface area contributed by atoms with E-state index in [4.69, 9.17) is 19.8 Å². The van der Waals surface area contributed by atoms with Gasteiger partial charge in [0.1, 0.15) is 5.84 Å². The molecule has 0 saturated carbocycles. The highest BCUT2D eigenvalue weighted by Gasteiger charge is 2.26. The Bertz CT molecular complexity index is 588. The number of rotatable bonds is 1. The van der Waals surface area contributed by atoms with Gasteiger partial charge in [-0.25, -0.2) is 9.59 Å². The number of carboxylic acids is 2. The van der Waals surface area contributed by atoms with Gasteiger partial charge in [-0.1, -0.05) is 18.2 Å². The second-order valence-corrected chi connectivity index (χ2v) is 5.21. The van der Waals surface area contributed by atoms with Crippen molar-refractivity contribution >= 4 is 23.5 Å². The Balaban J connectivity index is 0.000000254. The van der Waals surface area contributed by atoms with Crippen molar-refractivity contribution in [3.63, 3.8) is 0 Å². The number of carbonyl (C=O) groups is 2. The summed E-state index contributed by atoms with van der Waals surface area (Å²) in [6.45, 7) is 3.03. The third-order valence-electron chi connectivity index (χ3n) is 3.63. The molecule has 0 fully saturated rings. The summed E-state index contributed by atoms with van der Waals surface area (Å²) in [5.41, 5.74) is 2.81. The summed E-state index contributed by atoms with van der Waals surface area (Å²) in [4.78, 5) is 25.1. The normalized spacial score (nSPS) is 19.2. The number of amidine groups is 1. The predicted octanol–water partition coefficient (Wildman–Crippen LogP) is 0.452. The molecule has 3 rings (SSSR count). The molecule has 1 aromatic carbocycles. The number of aliphatic imine (C=N–C) groups is 1. The van der Waals surface area contributed by atoms with Crippen LogP contribution in [0.4, 0.5) is 5.69 Å². The lowest BCUT2D eigenvalue weighted by molar-refractivity contribution is -0.159. The number of aliphatic carboxylic acids is 2. The van der Waals surface area contributed by atoms with Crippen molar-refractivity contribution < 1.29 is 19.8 Å². The van der Waals surface area contributed by atoms with Crippen LogP contribution in [0.2, 0.25) is 0 Å². The monoisotopic (exact) mass is 305 g/mol. The van der Waals surface area contributed by atoms with E-state index in [1.54, 1.807) is 0 Å².